The molecule has 0 bridgehead atoms. The van der Waals surface area contributed by atoms with E-state index in [2.05, 4.69) is 24.4 Å². The van der Waals surface area contributed by atoms with Crippen LogP contribution in [0, 0.1) is 0 Å². The minimum absolute atomic E-state index is 0.102. The Morgan fingerprint density at radius 1 is 0.971 bits per heavy atom. The zero-order valence-electron chi connectivity index (χ0n) is 19.7. The first-order valence-corrected chi connectivity index (χ1v) is 12.1. The molecule has 0 saturated heterocycles. The number of hydrogen-bond acceptors (Lipinski definition) is 3. The van der Waals surface area contributed by atoms with Crippen molar-refractivity contribution in [2.45, 2.75) is 38.6 Å². The zero-order chi connectivity index (χ0) is 23.8. The van der Waals surface area contributed by atoms with E-state index in [1.54, 1.807) is 12.1 Å². The van der Waals surface area contributed by atoms with Gasteiger partial charge in [-0.25, -0.2) is 0 Å². The predicted molar refractivity (Wildman–Crippen MR) is 134 cm³/mol. The van der Waals surface area contributed by atoms with E-state index in [0.717, 1.165) is 30.4 Å². The molecule has 1 atom stereocenters. The highest BCUT2D eigenvalue weighted by Gasteiger charge is 2.25. The maximum atomic E-state index is 13.8. The van der Waals surface area contributed by atoms with Crippen LogP contribution in [0.1, 0.15) is 52.7 Å². The molecular formula is C29H32N2O3. The van der Waals surface area contributed by atoms with Crippen LogP contribution in [0.5, 0.6) is 5.75 Å². The van der Waals surface area contributed by atoms with Gasteiger partial charge in [0.25, 0.3) is 5.91 Å². The number of carbonyl (C=O) groups excluding carboxylic acids is 2. The molecule has 2 amide bonds. The summed E-state index contributed by atoms with van der Waals surface area (Å²) in [6.07, 6.45) is 2.39. The molecule has 176 valence electrons. The summed E-state index contributed by atoms with van der Waals surface area (Å²) in [6, 6.07) is 25.5. The number of benzene rings is 3. The second-order valence-corrected chi connectivity index (χ2v) is 8.60. The van der Waals surface area contributed by atoms with E-state index in [1.807, 2.05) is 59.5 Å². The van der Waals surface area contributed by atoms with Gasteiger partial charge in [-0.1, -0.05) is 73.7 Å². The lowest BCUT2D eigenvalue weighted by atomic mass is 9.94. The van der Waals surface area contributed by atoms with E-state index >= 15 is 0 Å². The van der Waals surface area contributed by atoms with Crippen LogP contribution < -0.4 is 10.1 Å². The highest BCUT2D eigenvalue weighted by Crippen LogP contribution is 2.25. The van der Waals surface area contributed by atoms with Gasteiger partial charge < -0.3 is 15.0 Å². The molecule has 1 N–H and O–H groups in total. The molecule has 3 aromatic rings. The summed E-state index contributed by atoms with van der Waals surface area (Å²) >= 11 is 0. The number of para-hydroxylation sites is 1. The van der Waals surface area contributed by atoms with Gasteiger partial charge in [0.15, 0.2) is 0 Å². The first kappa shape index (κ1) is 23.6. The second-order valence-electron chi connectivity index (χ2n) is 8.60. The lowest BCUT2D eigenvalue weighted by Gasteiger charge is -2.28. The maximum absolute atomic E-state index is 13.8. The average molecular weight is 457 g/mol. The molecule has 34 heavy (non-hydrogen) atoms. The number of nitrogens with zero attached hydrogens (tertiary/aromatic N) is 1. The normalized spacial score (nSPS) is 15.7. The number of nitrogens with one attached hydrogen (secondary N) is 1. The largest absolute Gasteiger partial charge is 0.491 e. The Bertz CT molecular complexity index is 1110. The van der Waals surface area contributed by atoms with Crippen molar-refractivity contribution in [2.24, 2.45) is 0 Å². The van der Waals surface area contributed by atoms with Gasteiger partial charge >= 0.3 is 0 Å². The third-order valence-electron chi connectivity index (χ3n) is 6.36. The Hall–Kier alpha value is -3.60. The van der Waals surface area contributed by atoms with Gasteiger partial charge in [-0.05, 0) is 48.1 Å². The van der Waals surface area contributed by atoms with Gasteiger partial charge in [0.05, 0.1) is 18.0 Å². The predicted octanol–water partition coefficient (Wildman–Crippen LogP) is 4.96. The number of fused-ring (bicyclic) bond motifs is 2. The molecule has 0 radical (unpaired) electrons. The summed E-state index contributed by atoms with van der Waals surface area (Å²) in [7, 11) is 0. The van der Waals surface area contributed by atoms with Gasteiger partial charge in [-0.15, -0.1) is 0 Å². The van der Waals surface area contributed by atoms with E-state index in [4.69, 9.17) is 4.74 Å². The summed E-state index contributed by atoms with van der Waals surface area (Å²) in [5, 5.41) is 3.01. The van der Waals surface area contributed by atoms with Crippen LogP contribution in [0.15, 0.2) is 78.9 Å². The van der Waals surface area contributed by atoms with Crippen molar-refractivity contribution in [2.75, 3.05) is 19.7 Å². The van der Waals surface area contributed by atoms with E-state index in [1.165, 1.54) is 5.56 Å². The van der Waals surface area contributed by atoms with Gasteiger partial charge in [0.1, 0.15) is 12.4 Å². The monoisotopic (exact) mass is 456 g/mol. The summed E-state index contributed by atoms with van der Waals surface area (Å²) in [5.41, 5.74) is 3.91. The summed E-state index contributed by atoms with van der Waals surface area (Å²) in [4.78, 5) is 28.4. The molecule has 0 aliphatic carbocycles. The average Bonchev–Trinajstić information content (AvgIpc) is 2.87. The summed E-state index contributed by atoms with van der Waals surface area (Å²) < 4.78 is 6.04. The Labute approximate surface area is 201 Å². The lowest BCUT2D eigenvalue weighted by molar-refractivity contribution is -0.134. The Kier molecular flexibility index (Phi) is 7.97. The van der Waals surface area contributed by atoms with Crippen LogP contribution in [-0.2, 0) is 17.8 Å². The van der Waals surface area contributed by atoms with Crippen molar-refractivity contribution >= 4 is 11.8 Å². The molecule has 5 heteroatoms. The third-order valence-corrected chi connectivity index (χ3v) is 6.36. The third kappa shape index (κ3) is 5.66. The van der Waals surface area contributed by atoms with Crippen LogP contribution in [0.3, 0.4) is 0 Å². The van der Waals surface area contributed by atoms with Crippen LogP contribution in [-0.4, -0.2) is 36.4 Å². The number of aryl methyl sites for hydroxylation is 1. The van der Waals surface area contributed by atoms with Gasteiger partial charge in [0, 0.05) is 13.1 Å². The quantitative estimate of drug-likeness (QED) is 0.606. The fraction of sp³-hybridized carbons (Fsp3) is 0.310. The Morgan fingerprint density at radius 3 is 2.47 bits per heavy atom. The van der Waals surface area contributed by atoms with Crippen LogP contribution >= 0.6 is 0 Å². The zero-order valence-corrected chi connectivity index (χ0v) is 19.7. The minimum atomic E-state index is -0.203. The molecule has 1 aliphatic rings. The van der Waals surface area contributed by atoms with Crippen LogP contribution in [0.4, 0.5) is 0 Å². The number of hydrogen-bond donors (Lipinski definition) is 1. The SMILES string of the molecule is CCC(C(=O)N1CCOc2ccccc2C(=O)NCCCc2ccccc2C1)c1ccccc1. The topological polar surface area (TPSA) is 58.6 Å². The minimum Gasteiger partial charge on any atom is -0.491 e. The molecule has 0 spiro atoms. The summed E-state index contributed by atoms with van der Waals surface area (Å²) in [6.45, 7) is 3.92. The molecular weight excluding hydrogens is 424 g/mol. The smallest absolute Gasteiger partial charge is 0.255 e. The number of ether oxygens (including phenoxy) is 1. The second kappa shape index (κ2) is 11.5. The fourth-order valence-corrected chi connectivity index (χ4v) is 4.51. The summed E-state index contributed by atoms with van der Waals surface area (Å²) in [5.74, 6) is 0.305. The molecule has 1 unspecified atom stereocenters. The Balaban J connectivity index is 1.63. The molecule has 4 rings (SSSR count). The van der Waals surface area contributed by atoms with Gasteiger partial charge in [-0.3, -0.25) is 9.59 Å². The lowest BCUT2D eigenvalue weighted by Crippen LogP contribution is -2.38. The number of carbonyl (C=O) groups is 2. The highest BCUT2D eigenvalue weighted by atomic mass is 16.5. The number of amides is 2. The molecule has 0 aromatic heterocycles. The number of rotatable bonds is 3. The molecule has 3 aromatic carbocycles. The van der Waals surface area contributed by atoms with E-state index in [0.29, 0.717) is 37.6 Å². The first-order chi connectivity index (χ1) is 16.7. The van der Waals surface area contributed by atoms with Crippen molar-refractivity contribution in [1.82, 2.24) is 10.2 Å². The van der Waals surface area contributed by atoms with Crippen molar-refractivity contribution in [3.8, 4) is 5.75 Å². The van der Waals surface area contributed by atoms with Gasteiger partial charge in [-0.2, -0.15) is 0 Å². The van der Waals surface area contributed by atoms with Crippen LogP contribution in [0.2, 0.25) is 0 Å². The van der Waals surface area contributed by atoms with Crippen molar-refractivity contribution in [3.63, 3.8) is 0 Å². The van der Waals surface area contributed by atoms with E-state index < -0.39 is 0 Å². The highest BCUT2D eigenvalue weighted by molar-refractivity contribution is 5.96. The van der Waals surface area contributed by atoms with Crippen molar-refractivity contribution < 1.29 is 14.3 Å². The molecule has 1 aliphatic heterocycles. The first-order valence-electron chi connectivity index (χ1n) is 12.1. The van der Waals surface area contributed by atoms with Gasteiger partial charge in [0.2, 0.25) is 5.91 Å². The van der Waals surface area contributed by atoms with E-state index in [9.17, 15) is 9.59 Å². The standard InChI is InChI=1S/C29H32N2O3/c1-2-25(23-12-4-3-5-13-23)29(33)31-19-20-34-27-17-9-8-16-26(27)28(32)30-18-10-15-22-11-6-7-14-24(22)21-31/h3-9,11-14,16-17,25H,2,10,15,18-21H2,1H3,(H,30,32). The van der Waals surface area contributed by atoms with Crippen molar-refractivity contribution in [1.29, 1.82) is 0 Å². The molecule has 1 heterocycles. The van der Waals surface area contributed by atoms with E-state index in [-0.39, 0.29) is 17.7 Å². The molecule has 5 nitrogen and oxygen atoms in total. The fourth-order valence-electron chi connectivity index (χ4n) is 4.51. The molecule has 0 saturated carbocycles. The van der Waals surface area contributed by atoms with Crippen molar-refractivity contribution in [3.05, 3.63) is 101 Å². The maximum Gasteiger partial charge on any atom is 0.255 e. The van der Waals surface area contributed by atoms with Crippen LogP contribution in [0.25, 0.3) is 0 Å². The molecule has 0 fully saturated rings. The Morgan fingerprint density at radius 2 is 1.68 bits per heavy atom.